The third-order valence-electron chi connectivity index (χ3n) is 8.18. The summed E-state index contributed by atoms with van der Waals surface area (Å²) in [6, 6.07) is 14.8. The second-order valence-corrected chi connectivity index (χ2v) is 11.5. The number of hydrogen-bond acceptors (Lipinski definition) is 5. The maximum atomic E-state index is 14.4. The van der Waals surface area contributed by atoms with Gasteiger partial charge in [-0.05, 0) is 56.5 Å². The summed E-state index contributed by atoms with van der Waals surface area (Å²) in [5, 5.41) is 15.2. The maximum absolute atomic E-state index is 14.4. The van der Waals surface area contributed by atoms with Gasteiger partial charge in [-0.25, -0.2) is 4.39 Å². The molecule has 1 aromatic heterocycles. The second-order valence-electron chi connectivity index (χ2n) is 11.5. The molecule has 41 heavy (non-hydrogen) atoms. The number of nitrogens with one attached hydrogen (secondary N) is 3. The van der Waals surface area contributed by atoms with E-state index in [4.69, 9.17) is 10.1 Å². The Kier molecular flexibility index (Phi) is 7.55. The van der Waals surface area contributed by atoms with Crippen molar-refractivity contribution in [3.63, 3.8) is 0 Å². The quantitative estimate of drug-likeness (QED) is 0.348. The van der Waals surface area contributed by atoms with E-state index in [9.17, 15) is 14.0 Å². The fraction of sp³-hybridized carbons (Fsp3) is 0.375. The topological polar surface area (TPSA) is 107 Å². The number of hydrogen-bond donors (Lipinski definition) is 3. The predicted molar refractivity (Wildman–Crippen MR) is 154 cm³/mol. The first kappa shape index (κ1) is 28.3. The molecule has 214 valence electrons. The lowest BCUT2D eigenvalue weighted by Gasteiger charge is -2.45. The van der Waals surface area contributed by atoms with E-state index in [0.29, 0.717) is 36.0 Å². The lowest BCUT2D eigenvalue weighted by molar-refractivity contribution is -0.132. The number of aromatic nitrogens is 1. The zero-order valence-corrected chi connectivity index (χ0v) is 23.8. The summed E-state index contributed by atoms with van der Waals surface area (Å²) in [5.41, 5.74) is 1.30. The highest BCUT2D eigenvalue weighted by Crippen LogP contribution is 2.40. The molecule has 1 saturated heterocycles. The van der Waals surface area contributed by atoms with Crippen molar-refractivity contribution in [2.45, 2.75) is 76.6 Å². The number of fused-ring (bicyclic) bond motifs is 1. The van der Waals surface area contributed by atoms with Crippen molar-refractivity contribution in [3.05, 3.63) is 95.1 Å². The predicted octanol–water partition coefficient (Wildman–Crippen LogP) is 5.66. The van der Waals surface area contributed by atoms with E-state index in [1.54, 1.807) is 24.3 Å². The Morgan fingerprint density at radius 1 is 1.15 bits per heavy atom. The number of carbonyl (C=O) groups excluding carboxylic acids is 2. The lowest BCUT2D eigenvalue weighted by Crippen LogP contribution is -2.62. The van der Waals surface area contributed by atoms with Crippen molar-refractivity contribution in [3.8, 4) is 5.75 Å². The van der Waals surface area contributed by atoms with Crippen LogP contribution in [0.4, 0.5) is 4.39 Å². The molecule has 2 aliphatic rings. The zero-order valence-electron chi connectivity index (χ0n) is 23.8. The van der Waals surface area contributed by atoms with Gasteiger partial charge in [-0.2, -0.15) is 0 Å². The van der Waals surface area contributed by atoms with Gasteiger partial charge >= 0.3 is 0 Å². The smallest absolute Gasteiger partial charge is 0.251 e. The Bertz CT molecular complexity index is 1470. The molecule has 0 aliphatic carbocycles. The average molecular weight is 558 g/mol. The van der Waals surface area contributed by atoms with Crippen LogP contribution < -0.4 is 15.4 Å². The van der Waals surface area contributed by atoms with Gasteiger partial charge in [0.2, 0.25) is 5.91 Å². The molecule has 2 aromatic carbocycles. The van der Waals surface area contributed by atoms with E-state index >= 15 is 0 Å². The van der Waals surface area contributed by atoms with Gasteiger partial charge in [0.1, 0.15) is 17.2 Å². The number of guanidine groups is 1. The number of rotatable bonds is 7. The van der Waals surface area contributed by atoms with Crippen LogP contribution in [0.25, 0.3) is 0 Å². The molecule has 1 fully saturated rings. The highest BCUT2D eigenvalue weighted by atomic mass is 19.1. The van der Waals surface area contributed by atoms with Gasteiger partial charge in [0.05, 0.1) is 24.7 Å². The van der Waals surface area contributed by atoms with Crippen LogP contribution in [-0.2, 0) is 4.79 Å². The summed E-state index contributed by atoms with van der Waals surface area (Å²) >= 11 is 0. The van der Waals surface area contributed by atoms with Gasteiger partial charge in [0.25, 0.3) is 5.91 Å². The van der Waals surface area contributed by atoms with Crippen LogP contribution in [0.5, 0.6) is 5.75 Å². The number of para-hydroxylation sites is 1. The molecule has 8 nitrogen and oxygen atoms in total. The summed E-state index contributed by atoms with van der Waals surface area (Å²) < 4.78 is 20.5. The number of benzene rings is 2. The molecular formula is C32H36FN5O3. The van der Waals surface area contributed by atoms with E-state index in [1.807, 2.05) is 52.0 Å². The fourth-order valence-electron chi connectivity index (χ4n) is 5.90. The van der Waals surface area contributed by atoms with Crippen molar-refractivity contribution in [1.29, 1.82) is 5.41 Å². The van der Waals surface area contributed by atoms with Crippen LogP contribution >= 0.6 is 0 Å². The van der Waals surface area contributed by atoms with E-state index < -0.39 is 23.0 Å². The Morgan fingerprint density at radius 2 is 1.90 bits per heavy atom. The summed E-state index contributed by atoms with van der Waals surface area (Å²) in [6.07, 6.45) is 4.73. The zero-order chi connectivity index (χ0) is 29.4. The minimum Gasteiger partial charge on any atom is -0.487 e. The Labute approximate surface area is 239 Å². The summed E-state index contributed by atoms with van der Waals surface area (Å²) in [6.45, 7) is 7.96. The third kappa shape index (κ3) is 5.66. The maximum Gasteiger partial charge on any atom is 0.251 e. The summed E-state index contributed by atoms with van der Waals surface area (Å²) in [7, 11) is 0. The number of ether oxygens (including phenoxy) is 1. The first-order valence-corrected chi connectivity index (χ1v) is 14.0. The van der Waals surface area contributed by atoms with E-state index in [1.165, 1.54) is 17.2 Å². The number of amides is 2. The van der Waals surface area contributed by atoms with Crippen LogP contribution in [0, 0.1) is 11.2 Å². The van der Waals surface area contributed by atoms with Crippen LogP contribution in [0.3, 0.4) is 0 Å². The molecule has 3 aromatic rings. The van der Waals surface area contributed by atoms with Crippen molar-refractivity contribution in [2.24, 2.45) is 0 Å². The fourth-order valence-corrected chi connectivity index (χ4v) is 5.90. The number of halogens is 1. The monoisotopic (exact) mass is 557 g/mol. The van der Waals surface area contributed by atoms with E-state index in [0.717, 1.165) is 17.5 Å². The van der Waals surface area contributed by atoms with Gasteiger partial charge in [-0.1, -0.05) is 44.2 Å². The van der Waals surface area contributed by atoms with Gasteiger partial charge in [-0.15, -0.1) is 0 Å². The van der Waals surface area contributed by atoms with Crippen LogP contribution in [0.1, 0.15) is 92.5 Å². The Morgan fingerprint density at radius 3 is 2.61 bits per heavy atom. The van der Waals surface area contributed by atoms with Crippen LogP contribution in [-0.4, -0.2) is 38.8 Å². The molecule has 2 aliphatic heterocycles. The molecule has 0 bridgehead atoms. The first-order valence-electron chi connectivity index (χ1n) is 14.0. The molecular weight excluding hydrogens is 521 g/mol. The molecule has 0 radical (unpaired) electrons. The largest absolute Gasteiger partial charge is 0.487 e. The standard InChI is InChI=1S/C32H36FN5O3/c1-5-32(6-2)17-27(39)38(30(34)37-32)28(22-15-23(33)19-35-18-22)20-10-9-11-21(14-20)29(40)36-25-16-31(3,4)41-26-13-8-7-12-24(25)26/h7-15,18-19,25,28H,5-6,16-17H2,1-4H3,(H2,34,37)(H,36,40)/t25-,28-/m0/s1. The number of pyridine rings is 1. The Balaban J connectivity index is 1.49. The molecule has 0 unspecified atom stereocenters. The number of nitrogens with zero attached hydrogens (tertiary/aromatic N) is 2. The van der Waals surface area contributed by atoms with Crippen LogP contribution in [0.15, 0.2) is 67.0 Å². The molecule has 5 rings (SSSR count). The minimum absolute atomic E-state index is 0.0601. The Hall–Kier alpha value is -4.27. The van der Waals surface area contributed by atoms with Gasteiger partial charge < -0.3 is 15.4 Å². The average Bonchev–Trinajstić information content (AvgIpc) is 2.94. The summed E-state index contributed by atoms with van der Waals surface area (Å²) in [4.78, 5) is 32.6. The normalized spacial score (nSPS) is 19.9. The highest BCUT2D eigenvalue weighted by Gasteiger charge is 2.43. The lowest BCUT2D eigenvalue weighted by atomic mass is 9.85. The van der Waals surface area contributed by atoms with E-state index in [-0.39, 0.29) is 30.2 Å². The van der Waals surface area contributed by atoms with E-state index in [2.05, 4.69) is 15.6 Å². The molecule has 9 heteroatoms. The first-order chi connectivity index (χ1) is 19.5. The molecule has 2 atom stereocenters. The molecule has 0 saturated carbocycles. The summed E-state index contributed by atoms with van der Waals surface area (Å²) in [5.74, 6) is -0.402. The molecule has 0 spiro atoms. The van der Waals surface area contributed by atoms with Gasteiger partial charge in [0.15, 0.2) is 5.96 Å². The number of carbonyl (C=O) groups is 2. The van der Waals surface area contributed by atoms with Crippen molar-refractivity contribution < 1.29 is 18.7 Å². The SMILES string of the molecule is CCC1(CC)CC(=O)N([C@H](c2cncc(F)c2)c2cccc(C(=O)N[C@H]3CC(C)(C)Oc4ccccc43)c2)C(=N)N1. The second kappa shape index (κ2) is 11.0. The van der Waals surface area contributed by atoms with Crippen LogP contribution in [0.2, 0.25) is 0 Å². The van der Waals surface area contributed by atoms with Gasteiger partial charge in [0, 0.05) is 34.8 Å². The van der Waals surface area contributed by atoms with Crippen molar-refractivity contribution in [1.82, 2.24) is 20.5 Å². The molecule has 2 amide bonds. The van der Waals surface area contributed by atoms with Gasteiger partial charge in [-0.3, -0.25) is 24.9 Å². The van der Waals surface area contributed by atoms with Crippen molar-refractivity contribution >= 4 is 17.8 Å². The third-order valence-corrected chi connectivity index (χ3v) is 8.18. The highest BCUT2D eigenvalue weighted by molar-refractivity contribution is 6.00. The van der Waals surface area contributed by atoms with Crippen molar-refractivity contribution in [2.75, 3.05) is 0 Å². The molecule has 3 N–H and O–H groups in total. The minimum atomic E-state index is -0.854. The molecule has 3 heterocycles.